The minimum atomic E-state index is -0.0104. The first-order valence-corrected chi connectivity index (χ1v) is 7.87. The Morgan fingerprint density at radius 2 is 1.86 bits per heavy atom. The van der Waals surface area contributed by atoms with Gasteiger partial charge in [-0.3, -0.25) is 4.79 Å². The Morgan fingerprint density at radius 3 is 2.43 bits per heavy atom. The molecule has 0 radical (unpaired) electrons. The van der Waals surface area contributed by atoms with Gasteiger partial charge in [-0.15, -0.1) is 12.4 Å². The maximum absolute atomic E-state index is 12.5. The molecular weight excluding hydrogens is 284 g/mol. The third kappa shape index (κ3) is 3.78. The van der Waals surface area contributed by atoms with Gasteiger partial charge in [-0.25, -0.2) is 0 Å². The second-order valence-electron chi connectivity index (χ2n) is 6.19. The van der Waals surface area contributed by atoms with E-state index in [1.807, 2.05) is 18.2 Å². The lowest BCUT2D eigenvalue weighted by atomic mass is 9.93. The molecule has 0 aromatic heterocycles. The molecule has 0 aliphatic carbocycles. The smallest absolute Gasteiger partial charge is 0.227 e. The van der Waals surface area contributed by atoms with E-state index >= 15 is 0 Å². The Morgan fingerprint density at radius 1 is 1.24 bits per heavy atom. The van der Waals surface area contributed by atoms with Gasteiger partial charge in [-0.2, -0.15) is 0 Å². The van der Waals surface area contributed by atoms with Crippen molar-refractivity contribution in [3.05, 3.63) is 35.9 Å². The predicted octanol–water partition coefficient (Wildman–Crippen LogP) is 3.00. The average molecular weight is 309 g/mol. The van der Waals surface area contributed by atoms with Crippen molar-refractivity contribution < 1.29 is 4.79 Å². The summed E-state index contributed by atoms with van der Waals surface area (Å²) < 4.78 is 0. The maximum Gasteiger partial charge on any atom is 0.227 e. The first kappa shape index (κ1) is 16.3. The lowest BCUT2D eigenvalue weighted by molar-refractivity contribution is -0.123. The Kier molecular flexibility index (Phi) is 5.65. The number of halogens is 1. The van der Waals surface area contributed by atoms with Gasteiger partial charge in [-0.1, -0.05) is 37.3 Å². The van der Waals surface area contributed by atoms with Crippen LogP contribution in [-0.2, 0) is 4.79 Å². The fourth-order valence-corrected chi connectivity index (χ4v) is 3.73. The van der Waals surface area contributed by atoms with Gasteiger partial charge >= 0.3 is 0 Å². The van der Waals surface area contributed by atoms with Crippen molar-refractivity contribution in [1.82, 2.24) is 10.6 Å². The van der Waals surface area contributed by atoms with Crippen molar-refractivity contribution >= 4 is 18.3 Å². The highest BCUT2D eigenvalue weighted by molar-refractivity contribution is 5.85. The van der Waals surface area contributed by atoms with Crippen molar-refractivity contribution in [1.29, 1.82) is 0 Å². The molecule has 0 spiro atoms. The number of fused-ring (bicyclic) bond motifs is 2. The lowest BCUT2D eigenvalue weighted by Gasteiger charge is -2.31. The Balaban J connectivity index is 0.00000161. The number of rotatable bonds is 4. The second-order valence-corrected chi connectivity index (χ2v) is 6.19. The Labute approximate surface area is 133 Å². The Hall–Kier alpha value is -1.06. The highest BCUT2D eigenvalue weighted by Crippen LogP contribution is 2.27. The normalized spacial score (nSPS) is 28.5. The standard InChI is InChI=1S/C17H24N2O.ClH/c1-2-16(12-6-4-3-5-7-12)17(20)19-15-10-13-8-9-14(11-15)18-13;/h3-7,13-16,18H,2,8-11H2,1H3,(H,19,20);1H. The van der Waals surface area contributed by atoms with Crippen LogP contribution in [0, 0.1) is 0 Å². The molecule has 2 fully saturated rings. The maximum atomic E-state index is 12.5. The number of carbonyl (C=O) groups is 1. The zero-order valence-corrected chi connectivity index (χ0v) is 13.4. The molecule has 2 N–H and O–H groups in total. The van der Waals surface area contributed by atoms with Crippen molar-refractivity contribution in [3.63, 3.8) is 0 Å². The highest BCUT2D eigenvalue weighted by atomic mass is 35.5. The Bertz CT molecular complexity index is 453. The van der Waals surface area contributed by atoms with E-state index in [4.69, 9.17) is 0 Å². The summed E-state index contributed by atoms with van der Waals surface area (Å²) in [5, 5.41) is 6.91. The third-order valence-electron chi connectivity index (χ3n) is 4.75. The quantitative estimate of drug-likeness (QED) is 0.898. The van der Waals surface area contributed by atoms with Gasteiger partial charge in [0.1, 0.15) is 0 Å². The highest BCUT2D eigenvalue weighted by Gasteiger charge is 2.34. The molecule has 2 saturated heterocycles. The number of benzene rings is 1. The summed E-state index contributed by atoms with van der Waals surface area (Å²) in [6.45, 7) is 2.09. The number of carbonyl (C=O) groups excluding carboxylic acids is 1. The molecule has 2 aliphatic heterocycles. The van der Waals surface area contributed by atoms with Crippen LogP contribution >= 0.6 is 12.4 Å². The van der Waals surface area contributed by atoms with Crippen LogP contribution in [0.15, 0.2) is 30.3 Å². The van der Waals surface area contributed by atoms with Gasteiger partial charge < -0.3 is 10.6 Å². The number of nitrogens with one attached hydrogen (secondary N) is 2. The summed E-state index contributed by atoms with van der Waals surface area (Å²) in [7, 11) is 0. The van der Waals surface area contributed by atoms with E-state index < -0.39 is 0 Å². The minimum Gasteiger partial charge on any atom is -0.353 e. The first-order chi connectivity index (χ1) is 9.76. The molecule has 3 rings (SSSR count). The van der Waals surface area contributed by atoms with Crippen LogP contribution in [0.3, 0.4) is 0 Å². The van der Waals surface area contributed by atoms with E-state index in [0.29, 0.717) is 18.1 Å². The van der Waals surface area contributed by atoms with Crippen molar-refractivity contribution in [2.24, 2.45) is 0 Å². The third-order valence-corrected chi connectivity index (χ3v) is 4.75. The lowest BCUT2D eigenvalue weighted by Crippen LogP contribution is -2.49. The molecule has 116 valence electrons. The molecule has 3 unspecified atom stereocenters. The predicted molar refractivity (Wildman–Crippen MR) is 87.8 cm³/mol. The minimum absolute atomic E-state index is 0. The molecule has 1 aromatic carbocycles. The van der Waals surface area contributed by atoms with Crippen molar-refractivity contribution in [2.45, 2.75) is 63.1 Å². The van der Waals surface area contributed by atoms with E-state index in [1.54, 1.807) is 0 Å². The monoisotopic (exact) mass is 308 g/mol. The molecule has 2 aliphatic rings. The number of piperidine rings is 1. The van der Waals surface area contributed by atoms with Crippen LogP contribution in [-0.4, -0.2) is 24.0 Å². The molecule has 1 aromatic rings. The zero-order valence-electron chi connectivity index (χ0n) is 12.5. The molecule has 3 nitrogen and oxygen atoms in total. The molecule has 21 heavy (non-hydrogen) atoms. The zero-order chi connectivity index (χ0) is 13.9. The van der Waals surface area contributed by atoms with Gasteiger partial charge in [-0.05, 0) is 37.7 Å². The van der Waals surface area contributed by atoms with Gasteiger partial charge in [0.05, 0.1) is 5.92 Å². The molecular formula is C17H25ClN2O. The summed E-state index contributed by atoms with van der Waals surface area (Å²) in [4.78, 5) is 12.5. The topological polar surface area (TPSA) is 41.1 Å². The summed E-state index contributed by atoms with van der Waals surface area (Å²) >= 11 is 0. The van der Waals surface area contributed by atoms with E-state index in [1.165, 1.54) is 12.8 Å². The summed E-state index contributed by atoms with van der Waals surface area (Å²) in [5.41, 5.74) is 1.13. The number of hydrogen-bond donors (Lipinski definition) is 2. The summed E-state index contributed by atoms with van der Waals surface area (Å²) in [6, 6.07) is 11.7. The molecule has 3 atom stereocenters. The van der Waals surface area contributed by atoms with Crippen LogP contribution in [0.25, 0.3) is 0 Å². The van der Waals surface area contributed by atoms with Crippen LogP contribution in [0.4, 0.5) is 0 Å². The fraction of sp³-hybridized carbons (Fsp3) is 0.588. The van der Waals surface area contributed by atoms with E-state index in [2.05, 4.69) is 29.7 Å². The molecule has 2 bridgehead atoms. The number of amides is 1. The molecule has 2 heterocycles. The van der Waals surface area contributed by atoms with E-state index in [9.17, 15) is 4.79 Å². The van der Waals surface area contributed by atoms with Crippen LogP contribution in [0.1, 0.15) is 50.5 Å². The van der Waals surface area contributed by atoms with Gasteiger partial charge in [0.2, 0.25) is 5.91 Å². The summed E-state index contributed by atoms with van der Waals surface area (Å²) in [6.07, 6.45) is 5.58. The fourth-order valence-electron chi connectivity index (χ4n) is 3.73. The van der Waals surface area contributed by atoms with Crippen molar-refractivity contribution in [2.75, 3.05) is 0 Å². The van der Waals surface area contributed by atoms with Crippen LogP contribution < -0.4 is 10.6 Å². The van der Waals surface area contributed by atoms with Crippen molar-refractivity contribution in [3.8, 4) is 0 Å². The largest absolute Gasteiger partial charge is 0.353 e. The number of hydrogen-bond acceptors (Lipinski definition) is 2. The SMILES string of the molecule is CCC(C(=O)NC1CC2CCC(C1)N2)c1ccccc1.Cl. The van der Waals surface area contributed by atoms with Gasteiger partial charge in [0, 0.05) is 18.1 Å². The average Bonchev–Trinajstić information content (AvgIpc) is 2.80. The second kappa shape index (κ2) is 7.28. The van der Waals surface area contributed by atoms with E-state index in [-0.39, 0.29) is 24.2 Å². The van der Waals surface area contributed by atoms with Crippen LogP contribution in [0.2, 0.25) is 0 Å². The molecule has 0 saturated carbocycles. The van der Waals surface area contributed by atoms with Gasteiger partial charge in [0.25, 0.3) is 0 Å². The molecule has 1 amide bonds. The summed E-state index contributed by atoms with van der Waals surface area (Å²) in [5.74, 6) is 0.189. The van der Waals surface area contributed by atoms with Crippen LogP contribution in [0.5, 0.6) is 0 Å². The molecule has 4 heteroatoms. The van der Waals surface area contributed by atoms with Gasteiger partial charge in [0.15, 0.2) is 0 Å². The first-order valence-electron chi connectivity index (χ1n) is 7.87. The van der Waals surface area contributed by atoms with E-state index in [0.717, 1.165) is 24.8 Å².